The molecule has 144 valence electrons. The quantitative estimate of drug-likeness (QED) is 0.502. The Labute approximate surface area is 165 Å². The Hall–Kier alpha value is -1.76. The Morgan fingerprint density at radius 2 is 2.08 bits per heavy atom. The maximum absolute atomic E-state index is 12.0. The molecule has 6 nitrogen and oxygen atoms in total. The summed E-state index contributed by atoms with van der Waals surface area (Å²) in [5, 5.41) is 9.61. The lowest BCUT2D eigenvalue weighted by molar-refractivity contribution is -0.121. The molecule has 0 aromatic heterocycles. The number of nitrogens with zero attached hydrogens (tertiary/aromatic N) is 2. The number of nitrogens with one attached hydrogen (secondary N) is 3. The number of hydrogen-bond donors (Lipinski definition) is 3. The Balaban J connectivity index is 1.92. The lowest BCUT2D eigenvalue weighted by Gasteiger charge is -2.22. The van der Waals surface area contributed by atoms with Gasteiger partial charge in [-0.05, 0) is 62.2 Å². The van der Waals surface area contributed by atoms with E-state index >= 15 is 0 Å². The van der Waals surface area contributed by atoms with Crippen molar-refractivity contribution in [1.82, 2.24) is 16.0 Å². The van der Waals surface area contributed by atoms with Crippen molar-refractivity contribution in [3.8, 4) is 0 Å². The van der Waals surface area contributed by atoms with E-state index in [1.54, 1.807) is 0 Å². The van der Waals surface area contributed by atoms with Crippen molar-refractivity contribution < 1.29 is 4.79 Å². The van der Waals surface area contributed by atoms with Crippen LogP contribution in [0.15, 0.2) is 33.7 Å². The Bertz CT molecular complexity index is 641. The fourth-order valence-electron chi connectivity index (χ4n) is 2.93. The molecule has 1 aliphatic rings. The molecule has 0 aliphatic carbocycles. The zero-order valence-electron chi connectivity index (χ0n) is 16.1. The van der Waals surface area contributed by atoms with E-state index in [2.05, 4.69) is 60.0 Å². The smallest absolute Gasteiger partial charge is 0.242 e. The Kier molecular flexibility index (Phi) is 7.32. The van der Waals surface area contributed by atoms with E-state index in [1.165, 1.54) is 5.69 Å². The highest BCUT2D eigenvalue weighted by molar-refractivity contribution is 9.10. The Morgan fingerprint density at radius 3 is 2.73 bits per heavy atom. The van der Waals surface area contributed by atoms with Gasteiger partial charge in [-0.2, -0.15) is 0 Å². The van der Waals surface area contributed by atoms with Crippen LogP contribution in [0.3, 0.4) is 0 Å². The molecule has 26 heavy (non-hydrogen) atoms. The van der Waals surface area contributed by atoms with Crippen molar-refractivity contribution in [3.63, 3.8) is 0 Å². The van der Waals surface area contributed by atoms with Gasteiger partial charge in [0.1, 0.15) is 6.54 Å². The number of rotatable bonds is 5. The molecule has 1 aliphatic heterocycles. The predicted molar refractivity (Wildman–Crippen MR) is 112 cm³/mol. The average Bonchev–Trinajstić information content (AvgIpc) is 3.00. The topological polar surface area (TPSA) is 68.8 Å². The zero-order chi connectivity index (χ0) is 19.2. The van der Waals surface area contributed by atoms with Gasteiger partial charge in [0.25, 0.3) is 0 Å². The third-order valence-electron chi connectivity index (χ3n) is 3.96. The molecule has 1 saturated heterocycles. The van der Waals surface area contributed by atoms with Crippen LogP contribution >= 0.6 is 15.9 Å². The third kappa shape index (κ3) is 6.52. The van der Waals surface area contributed by atoms with Gasteiger partial charge < -0.3 is 20.9 Å². The standard InChI is InChI=1S/C19H30BrN5O/c1-5-21-18(22-12-17(26)24-19(2,3)4)23-14-10-11-25(13-14)16-9-7-6-8-15(16)20/h6-9,14H,5,10-13H2,1-4H3,(H,24,26)(H2,21,22,23). The minimum Gasteiger partial charge on any atom is -0.368 e. The SMILES string of the molecule is CCNC(=NCC(=O)NC(C)(C)C)NC1CCN(c2ccccc2Br)C1. The van der Waals surface area contributed by atoms with Crippen LogP contribution in [0.5, 0.6) is 0 Å². The Morgan fingerprint density at radius 1 is 1.35 bits per heavy atom. The molecule has 1 aromatic carbocycles. The maximum atomic E-state index is 12.0. The third-order valence-corrected chi connectivity index (χ3v) is 4.63. The minimum atomic E-state index is -0.243. The normalized spacial score (nSPS) is 18.0. The first-order valence-corrected chi connectivity index (χ1v) is 9.93. The summed E-state index contributed by atoms with van der Waals surface area (Å²) in [6.45, 7) is 10.7. The minimum absolute atomic E-state index is 0.0732. The predicted octanol–water partition coefficient (Wildman–Crippen LogP) is 2.50. The van der Waals surface area contributed by atoms with Crippen molar-refractivity contribution in [2.45, 2.75) is 45.7 Å². The number of carbonyl (C=O) groups excluding carboxylic acids is 1. The van der Waals surface area contributed by atoms with Gasteiger partial charge in [-0.25, -0.2) is 4.99 Å². The molecular formula is C19H30BrN5O. The summed E-state index contributed by atoms with van der Waals surface area (Å²) in [5.41, 5.74) is 0.969. The lowest BCUT2D eigenvalue weighted by atomic mass is 10.1. The van der Waals surface area contributed by atoms with Crippen LogP contribution in [-0.4, -0.2) is 49.6 Å². The first-order valence-electron chi connectivity index (χ1n) is 9.14. The number of guanidine groups is 1. The van der Waals surface area contributed by atoms with Crippen LogP contribution in [0.1, 0.15) is 34.1 Å². The number of para-hydroxylation sites is 1. The van der Waals surface area contributed by atoms with Crippen molar-refractivity contribution in [3.05, 3.63) is 28.7 Å². The van der Waals surface area contributed by atoms with Gasteiger partial charge in [-0.15, -0.1) is 0 Å². The lowest BCUT2D eigenvalue weighted by Crippen LogP contribution is -2.46. The summed E-state index contributed by atoms with van der Waals surface area (Å²) in [7, 11) is 0. The van der Waals surface area contributed by atoms with Crippen molar-refractivity contribution in [2.75, 3.05) is 31.1 Å². The highest BCUT2D eigenvalue weighted by Crippen LogP contribution is 2.28. The maximum Gasteiger partial charge on any atom is 0.242 e. The van der Waals surface area contributed by atoms with Gasteiger partial charge in [0.15, 0.2) is 5.96 Å². The van der Waals surface area contributed by atoms with Gasteiger partial charge >= 0.3 is 0 Å². The molecule has 0 bridgehead atoms. The van der Waals surface area contributed by atoms with Gasteiger partial charge in [-0.3, -0.25) is 4.79 Å². The molecule has 0 spiro atoms. The van der Waals surface area contributed by atoms with E-state index in [-0.39, 0.29) is 18.0 Å². The molecule has 0 radical (unpaired) electrons. The molecule has 1 aromatic rings. The number of amides is 1. The van der Waals surface area contributed by atoms with Crippen LogP contribution in [0.25, 0.3) is 0 Å². The van der Waals surface area contributed by atoms with Crippen LogP contribution in [0.2, 0.25) is 0 Å². The van der Waals surface area contributed by atoms with Crippen LogP contribution in [0, 0.1) is 0 Å². The molecule has 1 amide bonds. The molecule has 1 atom stereocenters. The van der Waals surface area contributed by atoms with E-state index < -0.39 is 0 Å². The number of halogens is 1. The fourth-order valence-corrected chi connectivity index (χ4v) is 3.46. The van der Waals surface area contributed by atoms with Gasteiger partial charge in [-0.1, -0.05) is 12.1 Å². The second-order valence-electron chi connectivity index (χ2n) is 7.52. The first kappa shape index (κ1) is 20.6. The number of aliphatic imine (C=N–C) groups is 1. The molecule has 1 fully saturated rings. The number of anilines is 1. The molecule has 2 rings (SSSR count). The molecular weight excluding hydrogens is 394 g/mol. The van der Waals surface area contributed by atoms with Crippen LogP contribution in [0.4, 0.5) is 5.69 Å². The molecule has 1 unspecified atom stereocenters. The first-order chi connectivity index (χ1) is 12.3. The number of benzene rings is 1. The average molecular weight is 424 g/mol. The molecule has 1 heterocycles. The van der Waals surface area contributed by atoms with Crippen molar-refractivity contribution >= 4 is 33.5 Å². The largest absolute Gasteiger partial charge is 0.368 e. The second kappa shape index (κ2) is 9.26. The summed E-state index contributed by atoms with van der Waals surface area (Å²) in [4.78, 5) is 18.8. The van der Waals surface area contributed by atoms with E-state index in [1.807, 2.05) is 33.8 Å². The highest BCUT2D eigenvalue weighted by Gasteiger charge is 2.24. The molecule has 3 N–H and O–H groups in total. The van der Waals surface area contributed by atoms with Gasteiger partial charge in [0.2, 0.25) is 5.91 Å². The summed E-state index contributed by atoms with van der Waals surface area (Å²) in [6.07, 6.45) is 1.03. The van der Waals surface area contributed by atoms with Crippen molar-refractivity contribution in [2.24, 2.45) is 4.99 Å². The summed E-state index contributed by atoms with van der Waals surface area (Å²) in [6, 6.07) is 8.57. The van der Waals surface area contributed by atoms with Gasteiger partial charge in [0.05, 0.1) is 5.69 Å². The zero-order valence-corrected chi connectivity index (χ0v) is 17.7. The number of carbonyl (C=O) groups is 1. The van der Waals surface area contributed by atoms with E-state index in [0.717, 1.165) is 30.5 Å². The highest BCUT2D eigenvalue weighted by atomic mass is 79.9. The monoisotopic (exact) mass is 423 g/mol. The van der Waals surface area contributed by atoms with E-state index in [0.29, 0.717) is 12.0 Å². The van der Waals surface area contributed by atoms with E-state index in [4.69, 9.17) is 0 Å². The summed E-state index contributed by atoms with van der Waals surface area (Å²) >= 11 is 3.62. The number of hydrogen-bond acceptors (Lipinski definition) is 3. The molecule has 0 saturated carbocycles. The van der Waals surface area contributed by atoms with Crippen molar-refractivity contribution in [1.29, 1.82) is 0 Å². The van der Waals surface area contributed by atoms with Crippen LogP contribution in [-0.2, 0) is 4.79 Å². The van der Waals surface area contributed by atoms with Gasteiger partial charge in [0, 0.05) is 35.7 Å². The van der Waals surface area contributed by atoms with Crippen LogP contribution < -0.4 is 20.9 Å². The second-order valence-corrected chi connectivity index (χ2v) is 8.38. The van der Waals surface area contributed by atoms with E-state index in [9.17, 15) is 4.79 Å². The molecule has 7 heteroatoms. The summed E-state index contributed by atoms with van der Waals surface area (Å²) < 4.78 is 1.11. The summed E-state index contributed by atoms with van der Waals surface area (Å²) in [5.74, 6) is 0.617. The fraction of sp³-hybridized carbons (Fsp3) is 0.579.